The Kier molecular flexibility index (Phi) is 9.35. The van der Waals surface area contributed by atoms with Crippen LogP contribution >= 0.6 is 0 Å². The van der Waals surface area contributed by atoms with Crippen molar-refractivity contribution in [2.75, 3.05) is 26.9 Å². The number of hydrogen-bond donors (Lipinski definition) is 0. The lowest BCUT2D eigenvalue weighted by Crippen LogP contribution is -2.23. The Morgan fingerprint density at radius 2 is 1.64 bits per heavy atom. The van der Waals surface area contributed by atoms with E-state index in [0.29, 0.717) is 13.2 Å². The van der Waals surface area contributed by atoms with Crippen LogP contribution in [-0.2, 0) is 14.2 Å². The summed E-state index contributed by atoms with van der Waals surface area (Å²) < 4.78 is 16.0. The van der Waals surface area contributed by atoms with Crippen LogP contribution in [0.5, 0.6) is 0 Å². The number of hydrogen-bond acceptors (Lipinski definition) is 3. The van der Waals surface area contributed by atoms with Crippen molar-refractivity contribution in [2.45, 2.75) is 45.8 Å². The van der Waals surface area contributed by atoms with Gasteiger partial charge in [-0.1, -0.05) is 13.3 Å². The van der Waals surface area contributed by atoms with Crippen molar-refractivity contribution in [3.05, 3.63) is 0 Å². The molecule has 0 radical (unpaired) electrons. The molecule has 3 heteroatoms. The molecule has 0 aliphatic heterocycles. The molecule has 0 fully saturated rings. The molecule has 0 amide bonds. The van der Waals surface area contributed by atoms with Gasteiger partial charge in [0.1, 0.15) is 0 Å². The fourth-order valence-electron chi connectivity index (χ4n) is 1.06. The van der Waals surface area contributed by atoms with Gasteiger partial charge >= 0.3 is 0 Å². The molecule has 0 bridgehead atoms. The molecular weight excluding hydrogens is 180 g/mol. The maximum Gasteiger partial charge on any atom is 0.0781 e. The van der Waals surface area contributed by atoms with Crippen LogP contribution in [-0.4, -0.2) is 39.1 Å². The zero-order chi connectivity index (χ0) is 10.8. The van der Waals surface area contributed by atoms with Gasteiger partial charge in [-0.3, -0.25) is 0 Å². The Morgan fingerprint density at radius 1 is 1.00 bits per heavy atom. The van der Waals surface area contributed by atoms with E-state index in [2.05, 4.69) is 6.92 Å². The van der Waals surface area contributed by atoms with Gasteiger partial charge < -0.3 is 14.2 Å². The predicted molar refractivity (Wildman–Crippen MR) is 57.6 cm³/mol. The van der Waals surface area contributed by atoms with Crippen LogP contribution in [0.25, 0.3) is 0 Å². The highest BCUT2D eigenvalue weighted by molar-refractivity contribution is 4.52. The van der Waals surface area contributed by atoms with Gasteiger partial charge in [0.2, 0.25) is 0 Å². The highest BCUT2D eigenvalue weighted by atomic mass is 16.6. The van der Waals surface area contributed by atoms with Crippen LogP contribution in [0.4, 0.5) is 0 Å². The molecule has 0 aliphatic rings. The molecule has 0 aromatic heterocycles. The normalized spacial score (nSPS) is 15.4. The second-order valence-electron chi connectivity index (χ2n) is 3.63. The lowest BCUT2D eigenvalue weighted by Gasteiger charge is -2.16. The summed E-state index contributed by atoms with van der Waals surface area (Å²) in [6.07, 6.45) is 2.63. The Bertz CT molecular complexity index is 117. The highest BCUT2D eigenvalue weighted by Crippen LogP contribution is 1.99. The quantitative estimate of drug-likeness (QED) is 0.539. The Hall–Kier alpha value is -0.120. The van der Waals surface area contributed by atoms with Gasteiger partial charge in [0.25, 0.3) is 0 Å². The van der Waals surface area contributed by atoms with E-state index < -0.39 is 0 Å². The van der Waals surface area contributed by atoms with E-state index in [4.69, 9.17) is 14.2 Å². The molecule has 0 rings (SSSR count). The predicted octanol–water partition coefficient (Wildman–Crippen LogP) is 2.24. The van der Waals surface area contributed by atoms with Crippen LogP contribution in [0.2, 0.25) is 0 Å². The molecule has 0 aromatic rings. The van der Waals surface area contributed by atoms with Crippen LogP contribution in [0.15, 0.2) is 0 Å². The minimum absolute atomic E-state index is 0.150. The van der Waals surface area contributed by atoms with Gasteiger partial charge in [-0.2, -0.15) is 0 Å². The lowest BCUT2D eigenvalue weighted by atomic mass is 10.3. The fourth-order valence-corrected chi connectivity index (χ4v) is 1.06. The summed E-state index contributed by atoms with van der Waals surface area (Å²) in [5.41, 5.74) is 0. The smallest absolute Gasteiger partial charge is 0.0781 e. The average Bonchev–Trinajstić information content (AvgIpc) is 2.16. The first-order valence-corrected chi connectivity index (χ1v) is 5.42. The summed E-state index contributed by atoms with van der Waals surface area (Å²) >= 11 is 0. The maximum absolute atomic E-state index is 5.55. The van der Waals surface area contributed by atoms with Crippen molar-refractivity contribution >= 4 is 0 Å². The molecule has 0 aliphatic carbocycles. The van der Waals surface area contributed by atoms with Crippen LogP contribution < -0.4 is 0 Å². The molecule has 0 aromatic carbocycles. The Labute approximate surface area is 87.7 Å². The van der Waals surface area contributed by atoms with Crippen LogP contribution in [0.3, 0.4) is 0 Å². The van der Waals surface area contributed by atoms with E-state index >= 15 is 0 Å². The molecule has 0 N–H and O–H groups in total. The molecule has 2 atom stereocenters. The van der Waals surface area contributed by atoms with Crippen molar-refractivity contribution < 1.29 is 14.2 Å². The first-order valence-electron chi connectivity index (χ1n) is 5.42. The zero-order valence-corrected chi connectivity index (χ0v) is 9.91. The van der Waals surface area contributed by atoms with Crippen molar-refractivity contribution in [3.63, 3.8) is 0 Å². The van der Waals surface area contributed by atoms with E-state index in [1.54, 1.807) is 7.11 Å². The fraction of sp³-hybridized carbons (Fsp3) is 1.00. The van der Waals surface area contributed by atoms with Gasteiger partial charge in [-0.15, -0.1) is 0 Å². The molecule has 0 spiro atoms. The van der Waals surface area contributed by atoms with E-state index in [1.807, 2.05) is 13.8 Å². The third-order valence-electron chi connectivity index (χ3n) is 1.92. The van der Waals surface area contributed by atoms with Gasteiger partial charge in [0.15, 0.2) is 0 Å². The monoisotopic (exact) mass is 204 g/mol. The van der Waals surface area contributed by atoms with Gasteiger partial charge in [-0.25, -0.2) is 0 Å². The summed E-state index contributed by atoms with van der Waals surface area (Å²) in [4.78, 5) is 0. The van der Waals surface area contributed by atoms with Gasteiger partial charge in [-0.05, 0) is 20.3 Å². The topological polar surface area (TPSA) is 27.7 Å². The summed E-state index contributed by atoms with van der Waals surface area (Å²) in [6.45, 7) is 8.32. The van der Waals surface area contributed by atoms with Crippen molar-refractivity contribution in [3.8, 4) is 0 Å². The number of unbranched alkanes of at least 4 members (excludes halogenated alkanes) is 1. The van der Waals surface area contributed by atoms with E-state index in [9.17, 15) is 0 Å². The summed E-state index contributed by atoms with van der Waals surface area (Å²) in [5, 5.41) is 0. The average molecular weight is 204 g/mol. The molecule has 3 nitrogen and oxygen atoms in total. The third-order valence-corrected chi connectivity index (χ3v) is 1.92. The third kappa shape index (κ3) is 8.48. The van der Waals surface area contributed by atoms with E-state index in [-0.39, 0.29) is 12.2 Å². The summed E-state index contributed by atoms with van der Waals surface area (Å²) in [7, 11) is 1.68. The van der Waals surface area contributed by atoms with Crippen LogP contribution in [0, 0.1) is 0 Å². The van der Waals surface area contributed by atoms with Crippen molar-refractivity contribution in [1.82, 2.24) is 0 Å². The zero-order valence-electron chi connectivity index (χ0n) is 9.91. The second kappa shape index (κ2) is 9.44. The molecule has 0 heterocycles. The molecule has 0 saturated heterocycles. The molecule has 86 valence electrons. The summed E-state index contributed by atoms with van der Waals surface area (Å²) in [6, 6.07) is 0. The molecule has 2 unspecified atom stereocenters. The summed E-state index contributed by atoms with van der Waals surface area (Å²) in [5.74, 6) is 0. The maximum atomic E-state index is 5.55. The minimum Gasteiger partial charge on any atom is -0.382 e. The van der Waals surface area contributed by atoms with Crippen molar-refractivity contribution in [2.24, 2.45) is 0 Å². The molecule has 0 saturated carbocycles. The number of rotatable bonds is 9. The molecule has 14 heavy (non-hydrogen) atoms. The first kappa shape index (κ1) is 13.9. The molecular formula is C11H24O3. The van der Waals surface area contributed by atoms with Gasteiger partial charge in [0, 0.05) is 13.7 Å². The SMILES string of the molecule is CCCCOC(C)COC(C)COC. The first-order chi connectivity index (χ1) is 6.70. The van der Waals surface area contributed by atoms with Crippen molar-refractivity contribution in [1.29, 1.82) is 0 Å². The Morgan fingerprint density at radius 3 is 2.21 bits per heavy atom. The minimum atomic E-state index is 0.150. The van der Waals surface area contributed by atoms with E-state index in [0.717, 1.165) is 13.0 Å². The van der Waals surface area contributed by atoms with E-state index in [1.165, 1.54) is 6.42 Å². The largest absolute Gasteiger partial charge is 0.382 e. The van der Waals surface area contributed by atoms with Gasteiger partial charge in [0.05, 0.1) is 25.4 Å². The Balaban J connectivity index is 3.29. The lowest BCUT2D eigenvalue weighted by molar-refractivity contribution is -0.0513. The number of methoxy groups -OCH3 is 1. The number of ether oxygens (including phenoxy) is 3. The van der Waals surface area contributed by atoms with Crippen LogP contribution in [0.1, 0.15) is 33.6 Å². The highest BCUT2D eigenvalue weighted by Gasteiger charge is 2.06. The second-order valence-corrected chi connectivity index (χ2v) is 3.63. The standard InChI is InChI=1S/C11H24O3/c1-5-6-7-13-11(3)9-14-10(2)8-12-4/h10-11H,5-9H2,1-4H3.